The van der Waals surface area contributed by atoms with Crippen LogP contribution < -0.4 is 11.3 Å². The van der Waals surface area contributed by atoms with Crippen molar-refractivity contribution in [2.24, 2.45) is 5.84 Å². The molecule has 14 heteroatoms. The molecular weight excluding hydrogens is 284 g/mol. The quantitative estimate of drug-likeness (QED) is 0.437. The standard InChI is InChI=1S/C6H4N6O8/c7-8-2-1-3(9(13)14)5(11(17)18)6(12(19)20)4(2)10(15)16/h1,8H,7H2. The number of nitrogen functional groups attached to an aromatic ring is 1. The zero-order chi connectivity index (χ0) is 15.6. The first-order valence-electron chi connectivity index (χ1n) is 4.47. The van der Waals surface area contributed by atoms with E-state index in [2.05, 4.69) is 0 Å². The fourth-order valence-corrected chi connectivity index (χ4v) is 1.42. The number of hydrazine groups is 1. The van der Waals surface area contributed by atoms with Crippen LogP contribution in [0.1, 0.15) is 0 Å². The Kier molecular flexibility index (Phi) is 3.71. The molecule has 0 radical (unpaired) electrons. The molecule has 0 amide bonds. The molecule has 0 aliphatic rings. The first kappa shape index (κ1) is 14.6. The zero-order valence-electron chi connectivity index (χ0n) is 9.21. The second-order valence-electron chi connectivity index (χ2n) is 3.16. The molecule has 0 saturated heterocycles. The lowest BCUT2D eigenvalue weighted by molar-refractivity contribution is -0.451. The Labute approximate surface area is 107 Å². The number of benzene rings is 1. The van der Waals surface area contributed by atoms with Gasteiger partial charge in [-0.2, -0.15) is 0 Å². The van der Waals surface area contributed by atoms with Crippen molar-refractivity contribution < 1.29 is 19.7 Å². The van der Waals surface area contributed by atoms with Crippen molar-refractivity contribution in [3.63, 3.8) is 0 Å². The summed E-state index contributed by atoms with van der Waals surface area (Å²) < 4.78 is 0. The molecule has 1 rings (SSSR count). The summed E-state index contributed by atoms with van der Waals surface area (Å²) in [7, 11) is 0. The van der Waals surface area contributed by atoms with Gasteiger partial charge in [-0.05, 0) is 0 Å². The van der Waals surface area contributed by atoms with E-state index >= 15 is 0 Å². The van der Waals surface area contributed by atoms with Crippen LogP contribution in [0.25, 0.3) is 0 Å². The van der Waals surface area contributed by atoms with Crippen molar-refractivity contribution in [1.82, 2.24) is 0 Å². The molecule has 3 N–H and O–H groups in total. The van der Waals surface area contributed by atoms with Gasteiger partial charge in [-0.1, -0.05) is 0 Å². The number of rotatable bonds is 5. The Bertz CT molecular complexity index is 641. The summed E-state index contributed by atoms with van der Waals surface area (Å²) in [5.41, 5.74) is -4.98. The molecule has 106 valence electrons. The molecule has 14 nitrogen and oxygen atoms in total. The number of hydrogen-bond acceptors (Lipinski definition) is 10. The topological polar surface area (TPSA) is 211 Å². The van der Waals surface area contributed by atoms with Crippen molar-refractivity contribution >= 4 is 28.4 Å². The van der Waals surface area contributed by atoms with Gasteiger partial charge in [0.15, 0.2) is 0 Å². The summed E-state index contributed by atoms with van der Waals surface area (Å²) in [5, 5.41) is 43.0. The maximum absolute atomic E-state index is 10.8. The number of nitro benzene ring substituents is 4. The lowest BCUT2D eigenvalue weighted by Crippen LogP contribution is -2.12. The van der Waals surface area contributed by atoms with Crippen LogP contribution in [0.15, 0.2) is 6.07 Å². The van der Waals surface area contributed by atoms with Gasteiger partial charge in [0.2, 0.25) is 0 Å². The SMILES string of the molecule is NNc1cc([N+](=O)[O-])c([N+](=O)[O-])c([N+](=O)[O-])c1[N+](=O)[O-]. The van der Waals surface area contributed by atoms with Crippen LogP contribution in [0.2, 0.25) is 0 Å². The molecule has 0 aliphatic heterocycles. The summed E-state index contributed by atoms with van der Waals surface area (Å²) >= 11 is 0. The molecule has 0 saturated carbocycles. The number of nitrogens with one attached hydrogen (secondary N) is 1. The van der Waals surface area contributed by atoms with Gasteiger partial charge in [-0.3, -0.25) is 46.3 Å². The van der Waals surface area contributed by atoms with E-state index < -0.39 is 48.1 Å². The van der Waals surface area contributed by atoms with Gasteiger partial charge < -0.3 is 5.43 Å². The molecule has 0 bridgehead atoms. The highest BCUT2D eigenvalue weighted by molar-refractivity contribution is 5.84. The molecule has 0 fully saturated rings. The molecular formula is C6H4N6O8. The van der Waals surface area contributed by atoms with Crippen molar-refractivity contribution in [1.29, 1.82) is 0 Å². The first-order valence-corrected chi connectivity index (χ1v) is 4.47. The lowest BCUT2D eigenvalue weighted by Gasteiger charge is -2.03. The van der Waals surface area contributed by atoms with Gasteiger partial charge in [0.05, 0.1) is 25.8 Å². The first-order chi connectivity index (χ1) is 9.22. The molecule has 0 unspecified atom stereocenters. The molecule has 0 spiro atoms. The fourth-order valence-electron chi connectivity index (χ4n) is 1.42. The minimum atomic E-state index is -1.62. The highest BCUT2D eigenvalue weighted by Crippen LogP contribution is 2.47. The van der Waals surface area contributed by atoms with Gasteiger partial charge in [0, 0.05) is 0 Å². The number of hydrogen-bond donors (Lipinski definition) is 2. The summed E-state index contributed by atoms with van der Waals surface area (Å²) in [6.07, 6.45) is 0. The van der Waals surface area contributed by atoms with Crippen LogP contribution in [-0.4, -0.2) is 19.7 Å². The van der Waals surface area contributed by atoms with Crippen LogP contribution in [0.5, 0.6) is 0 Å². The third kappa shape index (κ3) is 2.25. The third-order valence-electron chi connectivity index (χ3n) is 2.13. The second kappa shape index (κ2) is 5.06. The molecule has 1 aromatic carbocycles. The molecule has 0 aromatic heterocycles. The van der Waals surface area contributed by atoms with E-state index in [1.807, 2.05) is 0 Å². The molecule has 0 heterocycles. The van der Waals surface area contributed by atoms with E-state index in [9.17, 15) is 40.5 Å². The lowest BCUT2D eigenvalue weighted by atomic mass is 10.1. The van der Waals surface area contributed by atoms with Crippen LogP contribution in [0.3, 0.4) is 0 Å². The monoisotopic (exact) mass is 288 g/mol. The number of nitrogens with zero attached hydrogens (tertiary/aromatic N) is 4. The minimum absolute atomic E-state index is 0.378. The largest absolute Gasteiger partial charge is 0.432 e. The Morgan fingerprint density at radius 3 is 1.55 bits per heavy atom. The molecule has 0 atom stereocenters. The van der Waals surface area contributed by atoms with Crippen LogP contribution in [0.4, 0.5) is 28.4 Å². The van der Waals surface area contributed by atoms with E-state index in [-0.39, 0.29) is 0 Å². The fraction of sp³-hybridized carbons (Fsp3) is 0. The Balaban J connectivity index is 4.02. The van der Waals surface area contributed by atoms with Crippen LogP contribution in [-0.2, 0) is 0 Å². The predicted octanol–water partition coefficient (Wildman–Crippen LogP) is 0.605. The van der Waals surface area contributed by atoms with E-state index in [0.29, 0.717) is 6.07 Å². The normalized spacial score (nSPS) is 9.85. The average Bonchev–Trinajstić information content (AvgIpc) is 2.35. The summed E-state index contributed by atoms with van der Waals surface area (Å²) in [4.78, 5) is 37.5. The van der Waals surface area contributed by atoms with Gasteiger partial charge in [-0.15, -0.1) is 0 Å². The summed E-state index contributed by atoms with van der Waals surface area (Å²) in [6.45, 7) is 0. The Morgan fingerprint density at radius 1 is 0.800 bits per heavy atom. The zero-order valence-corrected chi connectivity index (χ0v) is 9.21. The van der Waals surface area contributed by atoms with Gasteiger partial charge in [0.1, 0.15) is 5.69 Å². The Morgan fingerprint density at radius 2 is 1.25 bits per heavy atom. The number of nitrogens with two attached hydrogens (primary N) is 1. The van der Waals surface area contributed by atoms with E-state index in [1.165, 1.54) is 0 Å². The van der Waals surface area contributed by atoms with Gasteiger partial charge in [0.25, 0.3) is 0 Å². The highest BCUT2D eigenvalue weighted by atomic mass is 16.7. The van der Waals surface area contributed by atoms with Gasteiger partial charge in [-0.25, -0.2) is 0 Å². The van der Waals surface area contributed by atoms with Crippen molar-refractivity contribution in [3.05, 3.63) is 46.5 Å². The van der Waals surface area contributed by atoms with E-state index in [0.717, 1.165) is 0 Å². The number of anilines is 1. The third-order valence-corrected chi connectivity index (χ3v) is 2.13. The van der Waals surface area contributed by atoms with Crippen LogP contribution in [0, 0.1) is 40.5 Å². The average molecular weight is 288 g/mol. The van der Waals surface area contributed by atoms with E-state index in [4.69, 9.17) is 5.84 Å². The summed E-state index contributed by atoms with van der Waals surface area (Å²) in [6, 6.07) is 0.378. The van der Waals surface area contributed by atoms with Crippen molar-refractivity contribution in [3.8, 4) is 0 Å². The second-order valence-corrected chi connectivity index (χ2v) is 3.16. The molecule has 20 heavy (non-hydrogen) atoms. The molecule has 0 aliphatic carbocycles. The smallest absolute Gasteiger partial charge is 0.318 e. The van der Waals surface area contributed by atoms with Crippen molar-refractivity contribution in [2.45, 2.75) is 0 Å². The maximum Gasteiger partial charge on any atom is 0.432 e. The van der Waals surface area contributed by atoms with Crippen molar-refractivity contribution in [2.75, 3.05) is 5.43 Å². The highest BCUT2D eigenvalue weighted by Gasteiger charge is 2.46. The minimum Gasteiger partial charge on any atom is -0.318 e. The Hall–Kier alpha value is -3.42. The number of nitro groups is 4. The molecule has 1 aromatic rings. The summed E-state index contributed by atoms with van der Waals surface area (Å²) in [5.74, 6) is 4.88. The van der Waals surface area contributed by atoms with E-state index in [1.54, 1.807) is 5.43 Å². The maximum atomic E-state index is 10.8. The van der Waals surface area contributed by atoms with Gasteiger partial charge >= 0.3 is 22.7 Å². The predicted molar refractivity (Wildman–Crippen MR) is 60.9 cm³/mol. The van der Waals surface area contributed by atoms with Crippen LogP contribution >= 0.6 is 0 Å².